The average Bonchev–Trinajstić information content (AvgIpc) is 2.57. The van der Waals surface area contributed by atoms with Crippen molar-refractivity contribution in [3.05, 3.63) is 64.9 Å². The van der Waals surface area contributed by atoms with Crippen LogP contribution in [0, 0.1) is 6.85 Å². The molecule has 0 saturated heterocycles. The quantitative estimate of drug-likeness (QED) is 0.852. The molecule has 2 aromatic rings. The molecule has 1 aromatic carbocycles. The van der Waals surface area contributed by atoms with E-state index < -0.39 is 53.9 Å². The molecule has 4 heteroatoms. The van der Waals surface area contributed by atoms with Crippen LogP contribution in [0.2, 0.25) is 0 Å². The van der Waals surface area contributed by atoms with Crippen molar-refractivity contribution in [1.82, 2.24) is 4.98 Å². The molecule has 2 rings (SSSR count). The van der Waals surface area contributed by atoms with Gasteiger partial charge >= 0.3 is 5.97 Å². The van der Waals surface area contributed by atoms with E-state index in [1.807, 2.05) is 0 Å². The number of hydrogen-bond acceptors (Lipinski definition) is 3. The monoisotopic (exact) mass is 276 g/mol. The summed E-state index contributed by atoms with van der Waals surface area (Å²) < 4.78 is 53.8. The van der Waals surface area contributed by atoms with Crippen molar-refractivity contribution in [3.63, 3.8) is 0 Å². The summed E-state index contributed by atoms with van der Waals surface area (Å²) in [4.78, 5) is 27.4. The minimum absolute atomic E-state index is 0.0727. The Labute approximate surface area is 126 Å². The van der Waals surface area contributed by atoms with Gasteiger partial charge in [-0.1, -0.05) is 35.8 Å². The number of aromatic nitrogens is 1. The van der Waals surface area contributed by atoms with E-state index in [2.05, 4.69) is 4.98 Å². The first-order valence-corrected chi connectivity index (χ1v) is 5.78. The van der Waals surface area contributed by atoms with Crippen molar-refractivity contribution < 1.29 is 24.3 Å². The Hall–Kier alpha value is -2.49. The Morgan fingerprint density at radius 1 is 1.30 bits per heavy atom. The van der Waals surface area contributed by atoms with E-state index in [-0.39, 0.29) is 18.5 Å². The third-order valence-corrected chi connectivity index (χ3v) is 2.49. The SMILES string of the molecule is [2H]c1c([2H])c(C([2H])([2H])[2H])c([2H])c([2H])c1C(=O)c1cccc(CCC(=O)O)n1. The maximum absolute atomic E-state index is 12.7. The summed E-state index contributed by atoms with van der Waals surface area (Å²) in [6, 6.07) is 1.16. The van der Waals surface area contributed by atoms with Gasteiger partial charge in [-0.05, 0) is 19.0 Å². The van der Waals surface area contributed by atoms with Gasteiger partial charge in [0.05, 0.1) is 11.9 Å². The van der Waals surface area contributed by atoms with Gasteiger partial charge in [0.15, 0.2) is 0 Å². The molecule has 20 heavy (non-hydrogen) atoms. The molecular weight excluding hydrogens is 254 g/mol. The van der Waals surface area contributed by atoms with Gasteiger partial charge < -0.3 is 5.11 Å². The summed E-state index contributed by atoms with van der Waals surface area (Å²) in [5, 5.41) is 8.72. The lowest BCUT2D eigenvalue weighted by Gasteiger charge is -2.04. The van der Waals surface area contributed by atoms with E-state index >= 15 is 0 Å². The topological polar surface area (TPSA) is 67.3 Å². The zero-order valence-electron chi connectivity index (χ0n) is 17.4. The summed E-state index contributed by atoms with van der Waals surface area (Å²) >= 11 is 0. The highest BCUT2D eigenvalue weighted by atomic mass is 16.4. The standard InChI is InChI=1S/C16H15NO3/c1-11-5-7-12(8-6-11)16(20)14-4-2-3-13(17-14)9-10-15(18)19/h2-8H,9-10H2,1H3,(H,18,19)/i1D3,5D,6D,7D,8D. The maximum atomic E-state index is 12.7. The lowest BCUT2D eigenvalue weighted by Crippen LogP contribution is -2.07. The van der Waals surface area contributed by atoms with Crippen LogP contribution < -0.4 is 0 Å². The number of ketones is 1. The number of aliphatic carboxylic acids is 1. The lowest BCUT2D eigenvalue weighted by atomic mass is 10.1. The molecule has 0 bridgehead atoms. The number of benzene rings is 1. The average molecular weight is 276 g/mol. The summed E-state index contributed by atoms with van der Waals surface area (Å²) in [7, 11) is 0. The Bertz CT molecular complexity index is 896. The molecule has 0 unspecified atom stereocenters. The van der Waals surface area contributed by atoms with Crippen LogP contribution in [-0.4, -0.2) is 21.8 Å². The van der Waals surface area contributed by atoms with Gasteiger partial charge in [0.25, 0.3) is 0 Å². The van der Waals surface area contributed by atoms with Crippen LogP contribution in [-0.2, 0) is 11.2 Å². The summed E-state index contributed by atoms with van der Waals surface area (Å²) in [5.74, 6) is -1.94. The molecule has 1 aromatic heterocycles. The largest absolute Gasteiger partial charge is 0.481 e. The highest BCUT2D eigenvalue weighted by molar-refractivity contribution is 6.07. The van der Waals surface area contributed by atoms with E-state index in [9.17, 15) is 9.59 Å². The second-order valence-corrected chi connectivity index (χ2v) is 3.99. The van der Waals surface area contributed by atoms with E-state index in [0.29, 0.717) is 5.69 Å². The minimum atomic E-state index is -2.86. The van der Waals surface area contributed by atoms with E-state index in [1.54, 1.807) is 0 Å². The number of nitrogens with zero attached hydrogens (tertiary/aromatic N) is 1. The zero-order valence-corrected chi connectivity index (χ0v) is 10.4. The van der Waals surface area contributed by atoms with Gasteiger partial charge in [0.1, 0.15) is 5.69 Å². The predicted octanol–water partition coefficient (Wildman–Crippen LogP) is 2.64. The Kier molecular flexibility index (Phi) is 2.24. The maximum Gasteiger partial charge on any atom is 0.303 e. The van der Waals surface area contributed by atoms with Crippen LogP contribution >= 0.6 is 0 Å². The van der Waals surface area contributed by atoms with Crippen LogP contribution in [0.3, 0.4) is 0 Å². The second-order valence-electron chi connectivity index (χ2n) is 3.99. The summed E-state index contributed by atoms with van der Waals surface area (Å²) in [5.41, 5.74) is -1.20. The molecule has 102 valence electrons. The molecule has 0 aliphatic carbocycles. The molecule has 4 nitrogen and oxygen atoms in total. The van der Waals surface area contributed by atoms with Crippen LogP contribution in [0.4, 0.5) is 0 Å². The number of hydrogen-bond donors (Lipinski definition) is 1. The molecule has 0 fully saturated rings. The fourth-order valence-corrected chi connectivity index (χ4v) is 1.53. The molecule has 0 spiro atoms. The van der Waals surface area contributed by atoms with Crippen LogP contribution in [0.5, 0.6) is 0 Å². The number of pyridine rings is 1. The van der Waals surface area contributed by atoms with Crippen molar-refractivity contribution in [1.29, 1.82) is 0 Å². The first-order valence-electron chi connectivity index (χ1n) is 9.28. The van der Waals surface area contributed by atoms with Crippen LogP contribution in [0.15, 0.2) is 42.4 Å². The third-order valence-electron chi connectivity index (χ3n) is 2.49. The molecule has 0 saturated carbocycles. The number of carboxylic acids is 1. The Morgan fingerprint density at radius 3 is 2.70 bits per heavy atom. The van der Waals surface area contributed by atoms with Gasteiger partial charge in [-0.2, -0.15) is 0 Å². The molecule has 0 amide bonds. The number of carbonyl (C=O) groups is 2. The van der Waals surface area contributed by atoms with Gasteiger partial charge in [-0.25, -0.2) is 4.98 Å². The highest BCUT2D eigenvalue weighted by Gasteiger charge is 2.11. The zero-order chi connectivity index (χ0) is 20.5. The lowest BCUT2D eigenvalue weighted by molar-refractivity contribution is -0.136. The first kappa shape index (κ1) is 7.33. The van der Waals surface area contributed by atoms with E-state index in [0.717, 1.165) is 0 Å². The van der Waals surface area contributed by atoms with Crippen molar-refractivity contribution in [2.45, 2.75) is 19.7 Å². The number of aryl methyl sites for hydroxylation is 1. The molecule has 0 atom stereocenters. The van der Waals surface area contributed by atoms with E-state index in [4.69, 9.17) is 14.7 Å². The predicted molar refractivity (Wildman–Crippen MR) is 74.8 cm³/mol. The van der Waals surface area contributed by atoms with Gasteiger partial charge in [0, 0.05) is 21.8 Å². The second kappa shape index (κ2) is 6.10. The van der Waals surface area contributed by atoms with Crippen molar-refractivity contribution in [3.8, 4) is 0 Å². The Balaban J connectivity index is 2.55. The highest BCUT2D eigenvalue weighted by Crippen LogP contribution is 2.10. The minimum Gasteiger partial charge on any atom is -0.481 e. The molecule has 0 aliphatic rings. The van der Waals surface area contributed by atoms with Crippen molar-refractivity contribution in [2.24, 2.45) is 0 Å². The molecule has 0 aliphatic heterocycles. The van der Waals surface area contributed by atoms with Crippen molar-refractivity contribution >= 4 is 11.8 Å². The third kappa shape index (κ3) is 3.51. The van der Waals surface area contributed by atoms with Gasteiger partial charge in [0.2, 0.25) is 5.78 Å². The molecular formula is C16H15NO3. The Morgan fingerprint density at radius 2 is 2.05 bits per heavy atom. The summed E-state index contributed by atoms with van der Waals surface area (Å²) in [6.45, 7) is -2.86. The number of carboxylic acid groups (broad SMARTS) is 1. The fourth-order valence-electron chi connectivity index (χ4n) is 1.53. The normalized spacial score (nSPS) is 15.9. The smallest absolute Gasteiger partial charge is 0.303 e. The number of carbonyl (C=O) groups excluding carboxylic acids is 1. The summed E-state index contributed by atoms with van der Waals surface area (Å²) in [6.07, 6.45) is -0.123. The van der Waals surface area contributed by atoms with Crippen LogP contribution in [0.1, 0.15) is 43.3 Å². The molecule has 1 N–H and O–H groups in total. The molecule has 1 heterocycles. The van der Waals surface area contributed by atoms with Gasteiger partial charge in [-0.3, -0.25) is 9.59 Å². The van der Waals surface area contributed by atoms with E-state index in [1.165, 1.54) is 18.2 Å². The van der Waals surface area contributed by atoms with Crippen molar-refractivity contribution in [2.75, 3.05) is 0 Å². The fraction of sp³-hybridized carbons (Fsp3) is 0.188. The first-order chi connectivity index (χ1) is 12.4. The molecule has 0 radical (unpaired) electrons. The van der Waals surface area contributed by atoms with Gasteiger partial charge in [-0.15, -0.1) is 0 Å². The number of rotatable bonds is 5. The van der Waals surface area contributed by atoms with Crippen LogP contribution in [0.25, 0.3) is 0 Å².